The second kappa shape index (κ2) is 11.3. The van der Waals surface area contributed by atoms with Crippen molar-refractivity contribution in [3.63, 3.8) is 0 Å². The molecule has 0 aliphatic heterocycles. The number of carbonyl (C=O) groups is 1. The summed E-state index contributed by atoms with van der Waals surface area (Å²) in [5, 5.41) is 0. The lowest BCUT2D eigenvalue weighted by atomic mass is 9.84. The average Bonchev–Trinajstić information content (AvgIpc) is 2.36. The van der Waals surface area contributed by atoms with Gasteiger partial charge >= 0.3 is 5.97 Å². The van der Waals surface area contributed by atoms with Gasteiger partial charge in [-0.3, -0.25) is 4.79 Å². The Kier molecular flexibility index (Phi) is 10.8. The summed E-state index contributed by atoms with van der Waals surface area (Å²) < 4.78 is 5.24. The van der Waals surface area contributed by atoms with Crippen molar-refractivity contribution in [1.82, 2.24) is 0 Å². The molecule has 0 radical (unpaired) electrons. The summed E-state index contributed by atoms with van der Waals surface area (Å²) in [5.74, 6) is 0.387. The van der Waals surface area contributed by atoms with E-state index in [9.17, 15) is 4.79 Å². The molecule has 0 aromatic heterocycles. The molecular weight excluding hydrogens is 224 g/mol. The van der Waals surface area contributed by atoms with E-state index in [4.69, 9.17) is 4.74 Å². The van der Waals surface area contributed by atoms with Gasteiger partial charge in [-0.2, -0.15) is 0 Å². The first-order chi connectivity index (χ1) is 8.71. The molecule has 0 amide bonds. The molecular formula is C16H30O2. The fourth-order valence-corrected chi connectivity index (χ4v) is 2.30. The second-order valence-electron chi connectivity index (χ2n) is 4.83. The van der Waals surface area contributed by atoms with Gasteiger partial charge in [-0.15, -0.1) is 0 Å². The lowest BCUT2D eigenvalue weighted by molar-refractivity contribution is -0.149. The van der Waals surface area contributed by atoms with Gasteiger partial charge in [0.1, 0.15) is 0 Å². The van der Waals surface area contributed by atoms with E-state index in [1.54, 1.807) is 0 Å². The van der Waals surface area contributed by atoms with Crippen LogP contribution in [0, 0.1) is 11.8 Å². The third kappa shape index (κ3) is 6.83. The molecule has 0 unspecified atom stereocenters. The Bertz CT molecular complexity index is 233. The summed E-state index contributed by atoms with van der Waals surface area (Å²) >= 11 is 0. The highest BCUT2D eigenvalue weighted by Gasteiger charge is 2.26. The Morgan fingerprint density at radius 3 is 2.22 bits per heavy atom. The molecule has 106 valence electrons. The van der Waals surface area contributed by atoms with Crippen molar-refractivity contribution in [1.29, 1.82) is 0 Å². The maximum Gasteiger partial charge on any atom is 0.309 e. The van der Waals surface area contributed by atoms with E-state index in [-0.39, 0.29) is 11.9 Å². The van der Waals surface area contributed by atoms with Crippen LogP contribution in [0.25, 0.3) is 0 Å². The zero-order valence-electron chi connectivity index (χ0n) is 12.6. The minimum Gasteiger partial charge on any atom is -0.466 e. The van der Waals surface area contributed by atoms with Gasteiger partial charge in [0.25, 0.3) is 0 Å². The number of carbonyl (C=O) groups excluding carboxylic acids is 1. The van der Waals surface area contributed by atoms with Crippen molar-refractivity contribution in [2.45, 2.75) is 66.2 Å². The molecule has 0 saturated carbocycles. The third-order valence-electron chi connectivity index (χ3n) is 3.31. The number of allylic oxidation sites excluding steroid dienone is 2. The molecule has 0 spiro atoms. The lowest BCUT2D eigenvalue weighted by Gasteiger charge is -2.23. The molecule has 0 saturated heterocycles. The van der Waals surface area contributed by atoms with Crippen LogP contribution in [-0.2, 0) is 9.53 Å². The largest absolute Gasteiger partial charge is 0.466 e. The monoisotopic (exact) mass is 254 g/mol. The fraction of sp³-hybridized carbons (Fsp3) is 0.812. The SMILES string of the molecule is C/C=C/[C@H](CCCC)[C@H](CCCC)C(=O)OCC. The maximum atomic E-state index is 12.1. The molecule has 0 aromatic rings. The van der Waals surface area contributed by atoms with E-state index in [2.05, 4.69) is 26.0 Å². The summed E-state index contributed by atoms with van der Waals surface area (Å²) in [5.41, 5.74) is 0. The number of esters is 1. The Morgan fingerprint density at radius 2 is 1.72 bits per heavy atom. The average molecular weight is 254 g/mol. The molecule has 0 heterocycles. The smallest absolute Gasteiger partial charge is 0.309 e. The molecule has 0 aliphatic carbocycles. The Labute approximate surface area is 113 Å². The molecule has 2 heteroatoms. The van der Waals surface area contributed by atoms with E-state index in [0.29, 0.717) is 12.5 Å². The quantitative estimate of drug-likeness (QED) is 0.416. The Hall–Kier alpha value is -0.790. The van der Waals surface area contributed by atoms with Gasteiger partial charge < -0.3 is 4.74 Å². The van der Waals surface area contributed by atoms with Crippen molar-refractivity contribution < 1.29 is 9.53 Å². The highest BCUT2D eigenvalue weighted by Crippen LogP contribution is 2.26. The first-order valence-electron chi connectivity index (χ1n) is 7.50. The fourth-order valence-electron chi connectivity index (χ4n) is 2.30. The highest BCUT2D eigenvalue weighted by molar-refractivity contribution is 5.73. The van der Waals surface area contributed by atoms with Crippen molar-refractivity contribution >= 4 is 5.97 Å². The van der Waals surface area contributed by atoms with Crippen LogP contribution in [-0.4, -0.2) is 12.6 Å². The third-order valence-corrected chi connectivity index (χ3v) is 3.31. The van der Waals surface area contributed by atoms with Crippen LogP contribution in [0.2, 0.25) is 0 Å². The van der Waals surface area contributed by atoms with E-state index >= 15 is 0 Å². The summed E-state index contributed by atoms with van der Waals surface area (Å²) in [7, 11) is 0. The molecule has 0 aromatic carbocycles. The number of hydrogen-bond donors (Lipinski definition) is 0. The van der Waals surface area contributed by atoms with Crippen LogP contribution < -0.4 is 0 Å². The van der Waals surface area contributed by atoms with Crippen molar-refractivity contribution in [2.24, 2.45) is 11.8 Å². The first-order valence-corrected chi connectivity index (χ1v) is 7.50. The van der Waals surface area contributed by atoms with Gasteiger partial charge in [-0.25, -0.2) is 0 Å². The molecule has 0 N–H and O–H groups in total. The van der Waals surface area contributed by atoms with E-state index in [1.165, 1.54) is 12.8 Å². The number of rotatable bonds is 10. The molecule has 18 heavy (non-hydrogen) atoms. The van der Waals surface area contributed by atoms with Crippen molar-refractivity contribution in [2.75, 3.05) is 6.61 Å². The molecule has 2 nitrogen and oxygen atoms in total. The van der Waals surface area contributed by atoms with Gasteiger partial charge in [-0.05, 0) is 32.6 Å². The van der Waals surface area contributed by atoms with Gasteiger partial charge in [0.2, 0.25) is 0 Å². The predicted molar refractivity (Wildman–Crippen MR) is 77.5 cm³/mol. The van der Waals surface area contributed by atoms with Crippen LogP contribution in [0.5, 0.6) is 0 Å². The van der Waals surface area contributed by atoms with E-state index in [0.717, 1.165) is 25.7 Å². The Balaban J connectivity index is 4.66. The van der Waals surface area contributed by atoms with Crippen LogP contribution in [0.3, 0.4) is 0 Å². The predicted octanol–water partition coefficient (Wildman–Crippen LogP) is 4.74. The summed E-state index contributed by atoms with van der Waals surface area (Å²) in [6, 6.07) is 0. The van der Waals surface area contributed by atoms with Crippen LogP contribution in [0.4, 0.5) is 0 Å². The maximum absolute atomic E-state index is 12.1. The van der Waals surface area contributed by atoms with Gasteiger partial charge in [0.05, 0.1) is 12.5 Å². The van der Waals surface area contributed by atoms with Crippen LogP contribution in [0.15, 0.2) is 12.2 Å². The zero-order chi connectivity index (χ0) is 13.8. The minimum atomic E-state index is -0.00912. The van der Waals surface area contributed by atoms with Crippen molar-refractivity contribution in [3.05, 3.63) is 12.2 Å². The molecule has 0 rings (SSSR count). The van der Waals surface area contributed by atoms with Crippen LogP contribution >= 0.6 is 0 Å². The lowest BCUT2D eigenvalue weighted by Crippen LogP contribution is -2.25. The van der Waals surface area contributed by atoms with Gasteiger partial charge in [0, 0.05) is 0 Å². The molecule has 0 fully saturated rings. The van der Waals surface area contributed by atoms with Gasteiger partial charge in [0.15, 0.2) is 0 Å². The number of unbranched alkanes of at least 4 members (excludes halogenated alkanes) is 2. The van der Waals surface area contributed by atoms with Gasteiger partial charge in [-0.1, -0.05) is 51.7 Å². The van der Waals surface area contributed by atoms with E-state index in [1.807, 2.05) is 13.8 Å². The second-order valence-corrected chi connectivity index (χ2v) is 4.83. The molecule has 2 atom stereocenters. The zero-order valence-corrected chi connectivity index (χ0v) is 12.6. The highest BCUT2D eigenvalue weighted by atomic mass is 16.5. The summed E-state index contributed by atoms with van der Waals surface area (Å²) in [4.78, 5) is 12.1. The summed E-state index contributed by atoms with van der Waals surface area (Å²) in [6.07, 6.45) is 10.9. The Morgan fingerprint density at radius 1 is 1.11 bits per heavy atom. The topological polar surface area (TPSA) is 26.3 Å². The van der Waals surface area contributed by atoms with E-state index < -0.39 is 0 Å². The minimum absolute atomic E-state index is 0.00912. The number of ether oxygens (including phenoxy) is 1. The molecule has 0 bridgehead atoms. The molecule has 0 aliphatic rings. The number of hydrogen-bond acceptors (Lipinski definition) is 2. The summed E-state index contributed by atoms with van der Waals surface area (Å²) in [6.45, 7) is 8.75. The van der Waals surface area contributed by atoms with Crippen molar-refractivity contribution in [3.8, 4) is 0 Å². The standard InChI is InChI=1S/C16H30O2/c1-5-9-12-14(11-7-3)15(13-10-6-2)16(17)18-8-4/h7,11,14-15H,5-6,8-10,12-13H2,1-4H3/b11-7+/t14-,15+/m1/s1. The normalized spacial score (nSPS) is 14.7. The van der Waals surface area contributed by atoms with Crippen LogP contribution in [0.1, 0.15) is 66.2 Å². The first kappa shape index (κ1) is 17.2.